The van der Waals surface area contributed by atoms with Crippen molar-refractivity contribution in [2.45, 2.75) is 19.2 Å². The van der Waals surface area contributed by atoms with E-state index >= 15 is 0 Å². The van der Waals surface area contributed by atoms with Gasteiger partial charge in [0.15, 0.2) is 6.17 Å². The lowest BCUT2D eigenvalue weighted by atomic mass is 9.98. The van der Waals surface area contributed by atoms with E-state index < -0.39 is 12.3 Å². The molecule has 0 fully saturated rings. The van der Waals surface area contributed by atoms with Crippen molar-refractivity contribution in [2.75, 3.05) is 7.11 Å². The van der Waals surface area contributed by atoms with E-state index in [1.54, 1.807) is 7.11 Å². The smallest absolute Gasteiger partial charge is 0.155 e. The third-order valence-electron chi connectivity index (χ3n) is 3.04. The Kier molecular flexibility index (Phi) is 4.11. The summed E-state index contributed by atoms with van der Waals surface area (Å²) in [6.45, 7) is 1.99. The van der Waals surface area contributed by atoms with Gasteiger partial charge in [-0.05, 0) is 18.1 Å². The van der Waals surface area contributed by atoms with Crippen LogP contribution in [0.15, 0.2) is 54.6 Å². The van der Waals surface area contributed by atoms with Crippen molar-refractivity contribution in [2.24, 2.45) is 0 Å². The van der Waals surface area contributed by atoms with Crippen molar-refractivity contribution < 1.29 is 9.13 Å². The second-order valence-electron chi connectivity index (χ2n) is 4.38. The third kappa shape index (κ3) is 2.77. The highest BCUT2D eigenvalue weighted by Crippen LogP contribution is 2.34. The fraction of sp³-hybridized carbons (Fsp3) is 0.250. The summed E-state index contributed by atoms with van der Waals surface area (Å²) in [5.41, 5.74) is 2.63. The summed E-state index contributed by atoms with van der Waals surface area (Å²) in [5.74, 6) is 0. The molecule has 0 saturated carbocycles. The van der Waals surface area contributed by atoms with Gasteiger partial charge < -0.3 is 4.74 Å². The van der Waals surface area contributed by atoms with E-state index in [0.29, 0.717) is 5.56 Å². The van der Waals surface area contributed by atoms with Crippen molar-refractivity contribution in [3.63, 3.8) is 0 Å². The lowest BCUT2D eigenvalue weighted by molar-refractivity contribution is 0.0304. The van der Waals surface area contributed by atoms with Crippen LogP contribution in [0.1, 0.15) is 29.0 Å². The predicted molar refractivity (Wildman–Crippen MR) is 71.2 cm³/mol. The van der Waals surface area contributed by atoms with Gasteiger partial charge in [-0.2, -0.15) is 0 Å². The summed E-state index contributed by atoms with van der Waals surface area (Å²) in [7, 11) is 1.54. The second kappa shape index (κ2) is 5.78. The highest BCUT2D eigenvalue weighted by atomic mass is 19.1. The number of alkyl halides is 1. The van der Waals surface area contributed by atoms with E-state index in [1.807, 2.05) is 61.5 Å². The number of aryl methyl sites for hydroxylation is 1. The molecule has 2 rings (SSSR count). The largest absolute Gasteiger partial charge is 0.373 e. The van der Waals surface area contributed by atoms with E-state index in [4.69, 9.17) is 4.74 Å². The van der Waals surface area contributed by atoms with Gasteiger partial charge in [0.1, 0.15) is 6.10 Å². The van der Waals surface area contributed by atoms with Crippen molar-refractivity contribution in [1.29, 1.82) is 0 Å². The number of methoxy groups -OCH3 is 1. The SMILES string of the molecule is COC(c1ccccc1)C(F)c1ccc(C)cc1. The van der Waals surface area contributed by atoms with E-state index in [0.717, 1.165) is 11.1 Å². The maximum Gasteiger partial charge on any atom is 0.155 e. The fourth-order valence-corrected chi connectivity index (χ4v) is 1.99. The topological polar surface area (TPSA) is 9.23 Å². The molecular formula is C16H17FO. The molecule has 0 aliphatic carbocycles. The number of hydrogen-bond donors (Lipinski definition) is 0. The van der Waals surface area contributed by atoms with Crippen LogP contribution in [0.2, 0.25) is 0 Å². The number of rotatable bonds is 4. The van der Waals surface area contributed by atoms with Crippen LogP contribution < -0.4 is 0 Å². The summed E-state index contributed by atoms with van der Waals surface area (Å²) < 4.78 is 19.8. The van der Waals surface area contributed by atoms with Crippen molar-refractivity contribution in [3.8, 4) is 0 Å². The van der Waals surface area contributed by atoms with Crippen LogP contribution in [0.5, 0.6) is 0 Å². The molecule has 2 aromatic rings. The van der Waals surface area contributed by atoms with Crippen LogP contribution in [0.25, 0.3) is 0 Å². The quantitative estimate of drug-likeness (QED) is 0.774. The molecule has 0 bridgehead atoms. The molecule has 94 valence electrons. The molecule has 2 heteroatoms. The molecule has 1 nitrogen and oxygen atoms in total. The maximum atomic E-state index is 14.5. The zero-order valence-corrected chi connectivity index (χ0v) is 10.6. The Morgan fingerprint density at radius 3 is 2.06 bits per heavy atom. The number of ether oxygens (including phenoxy) is 1. The molecule has 2 atom stereocenters. The molecule has 0 radical (unpaired) electrons. The van der Waals surface area contributed by atoms with Gasteiger partial charge in [0, 0.05) is 7.11 Å². The van der Waals surface area contributed by atoms with E-state index in [-0.39, 0.29) is 0 Å². The Bertz CT molecular complexity index is 478. The first kappa shape index (κ1) is 12.8. The van der Waals surface area contributed by atoms with Gasteiger partial charge in [-0.1, -0.05) is 60.2 Å². The minimum Gasteiger partial charge on any atom is -0.373 e. The Morgan fingerprint density at radius 1 is 0.889 bits per heavy atom. The van der Waals surface area contributed by atoms with Crippen LogP contribution in [0.3, 0.4) is 0 Å². The van der Waals surface area contributed by atoms with Crippen LogP contribution in [0, 0.1) is 6.92 Å². The zero-order valence-electron chi connectivity index (χ0n) is 10.6. The molecule has 2 aromatic carbocycles. The average Bonchev–Trinajstić information content (AvgIpc) is 2.41. The van der Waals surface area contributed by atoms with Gasteiger partial charge in [-0.25, -0.2) is 4.39 Å². The highest BCUT2D eigenvalue weighted by Gasteiger charge is 2.23. The number of halogens is 1. The van der Waals surface area contributed by atoms with E-state index in [2.05, 4.69) is 0 Å². The number of hydrogen-bond acceptors (Lipinski definition) is 1. The first-order chi connectivity index (χ1) is 8.72. The molecule has 0 aromatic heterocycles. The predicted octanol–water partition coefficient (Wildman–Crippen LogP) is 4.39. The third-order valence-corrected chi connectivity index (χ3v) is 3.04. The van der Waals surface area contributed by atoms with E-state index in [1.165, 1.54) is 0 Å². The van der Waals surface area contributed by atoms with Crippen LogP contribution in [-0.2, 0) is 4.74 Å². The van der Waals surface area contributed by atoms with Crippen LogP contribution in [0.4, 0.5) is 4.39 Å². The molecule has 0 amide bonds. The second-order valence-corrected chi connectivity index (χ2v) is 4.38. The van der Waals surface area contributed by atoms with Crippen molar-refractivity contribution in [1.82, 2.24) is 0 Å². The minimum absolute atomic E-state index is 0.561. The standard InChI is InChI=1S/C16H17FO/c1-12-8-10-13(11-9-12)15(17)16(18-2)14-6-4-3-5-7-14/h3-11,15-16H,1-2H3. The Morgan fingerprint density at radius 2 is 1.50 bits per heavy atom. The summed E-state index contributed by atoms with van der Waals surface area (Å²) in [6.07, 6.45) is -1.72. The minimum atomic E-state index is -1.15. The van der Waals surface area contributed by atoms with Gasteiger partial charge in [0.05, 0.1) is 0 Å². The monoisotopic (exact) mass is 244 g/mol. The maximum absolute atomic E-state index is 14.5. The molecule has 0 aliphatic heterocycles. The highest BCUT2D eigenvalue weighted by molar-refractivity contribution is 5.27. The molecule has 0 spiro atoms. The molecule has 0 N–H and O–H groups in total. The molecular weight excluding hydrogens is 227 g/mol. The Labute approximate surface area is 107 Å². The fourth-order valence-electron chi connectivity index (χ4n) is 1.99. The van der Waals surface area contributed by atoms with E-state index in [9.17, 15) is 4.39 Å². The Hall–Kier alpha value is -1.67. The summed E-state index contributed by atoms with van der Waals surface area (Å²) in [6, 6.07) is 16.9. The van der Waals surface area contributed by atoms with Crippen molar-refractivity contribution >= 4 is 0 Å². The summed E-state index contributed by atoms with van der Waals surface area (Å²) >= 11 is 0. The molecule has 18 heavy (non-hydrogen) atoms. The molecule has 0 saturated heterocycles. The summed E-state index contributed by atoms with van der Waals surface area (Å²) in [4.78, 5) is 0. The Balaban J connectivity index is 2.25. The van der Waals surface area contributed by atoms with Crippen LogP contribution in [-0.4, -0.2) is 7.11 Å². The lowest BCUT2D eigenvalue weighted by Crippen LogP contribution is -2.09. The first-order valence-electron chi connectivity index (χ1n) is 6.00. The lowest BCUT2D eigenvalue weighted by Gasteiger charge is -2.20. The average molecular weight is 244 g/mol. The van der Waals surface area contributed by atoms with Crippen molar-refractivity contribution in [3.05, 3.63) is 71.3 Å². The zero-order chi connectivity index (χ0) is 13.0. The van der Waals surface area contributed by atoms with Gasteiger partial charge in [-0.3, -0.25) is 0 Å². The van der Waals surface area contributed by atoms with Crippen LogP contribution >= 0.6 is 0 Å². The normalized spacial score (nSPS) is 14.2. The van der Waals surface area contributed by atoms with Gasteiger partial charge in [0.25, 0.3) is 0 Å². The first-order valence-corrected chi connectivity index (χ1v) is 6.00. The van der Waals surface area contributed by atoms with Gasteiger partial charge >= 0.3 is 0 Å². The van der Waals surface area contributed by atoms with Gasteiger partial charge in [0.2, 0.25) is 0 Å². The molecule has 0 aliphatic rings. The molecule has 0 heterocycles. The number of benzene rings is 2. The van der Waals surface area contributed by atoms with Gasteiger partial charge in [-0.15, -0.1) is 0 Å². The molecule has 2 unspecified atom stereocenters. The summed E-state index contributed by atoms with van der Waals surface area (Å²) in [5, 5.41) is 0.